The zero-order valence-corrected chi connectivity index (χ0v) is 12.7. The van der Waals surface area contributed by atoms with E-state index in [1.54, 1.807) is 0 Å². The minimum Gasteiger partial charge on any atom is -0.454 e. The number of benzene rings is 1. The van der Waals surface area contributed by atoms with Crippen LogP contribution in [0.15, 0.2) is 12.1 Å². The van der Waals surface area contributed by atoms with E-state index in [9.17, 15) is 9.59 Å². The predicted octanol–water partition coefficient (Wildman–Crippen LogP) is 2.41. The van der Waals surface area contributed by atoms with Gasteiger partial charge in [-0.25, -0.2) is 0 Å². The van der Waals surface area contributed by atoms with Crippen molar-refractivity contribution in [3.63, 3.8) is 0 Å². The maximum absolute atomic E-state index is 12.1. The van der Waals surface area contributed by atoms with Crippen molar-refractivity contribution in [2.24, 2.45) is 5.92 Å². The van der Waals surface area contributed by atoms with E-state index in [1.807, 2.05) is 0 Å². The van der Waals surface area contributed by atoms with Crippen LogP contribution in [0.2, 0.25) is 5.02 Å². The van der Waals surface area contributed by atoms with Crippen molar-refractivity contribution in [2.75, 3.05) is 6.79 Å². The number of carbonyl (C=O) groups is 2. The standard InChI is InChI=1S/C15H17ClN2O4/c16-11-6-10(7-12-13(11)22-8-21-12)15(20)18-17-14(19)9-4-2-1-3-5-9/h6-7,9H,1-5,8H2,(H,17,19)(H,18,20). The van der Waals surface area contributed by atoms with Gasteiger partial charge in [0.15, 0.2) is 11.5 Å². The van der Waals surface area contributed by atoms with Crippen molar-refractivity contribution in [1.29, 1.82) is 0 Å². The maximum Gasteiger partial charge on any atom is 0.269 e. The van der Waals surface area contributed by atoms with Gasteiger partial charge in [0.1, 0.15) is 0 Å². The third-order valence-electron chi connectivity index (χ3n) is 3.96. The van der Waals surface area contributed by atoms with Gasteiger partial charge in [-0.05, 0) is 25.0 Å². The summed E-state index contributed by atoms with van der Waals surface area (Å²) >= 11 is 6.03. The highest BCUT2D eigenvalue weighted by atomic mass is 35.5. The molecule has 118 valence electrons. The van der Waals surface area contributed by atoms with Gasteiger partial charge in [-0.3, -0.25) is 20.4 Å². The van der Waals surface area contributed by atoms with Crippen molar-refractivity contribution in [3.8, 4) is 11.5 Å². The van der Waals surface area contributed by atoms with Crippen LogP contribution < -0.4 is 20.3 Å². The molecule has 0 aromatic heterocycles. The monoisotopic (exact) mass is 324 g/mol. The Morgan fingerprint density at radius 2 is 1.86 bits per heavy atom. The Labute approximate surface area is 133 Å². The first-order chi connectivity index (χ1) is 10.6. The fraction of sp³-hybridized carbons (Fsp3) is 0.467. The molecule has 2 N–H and O–H groups in total. The van der Waals surface area contributed by atoms with E-state index in [0.29, 0.717) is 22.1 Å². The van der Waals surface area contributed by atoms with Crippen LogP contribution in [0.3, 0.4) is 0 Å². The molecule has 1 fully saturated rings. The molecule has 22 heavy (non-hydrogen) atoms. The number of ether oxygens (including phenoxy) is 2. The quantitative estimate of drug-likeness (QED) is 0.819. The second-order valence-electron chi connectivity index (χ2n) is 5.47. The summed E-state index contributed by atoms with van der Waals surface area (Å²) in [5.41, 5.74) is 5.21. The van der Waals surface area contributed by atoms with Crippen LogP contribution in [-0.2, 0) is 4.79 Å². The zero-order chi connectivity index (χ0) is 15.5. The molecule has 1 saturated carbocycles. The number of hydrazine groups is 1. The largest absolute Gasteiger partial charge is 0.454 e. The summed E-state index contributed by atoms with van der Waals surface area (Å²) < 4.78 is 10.4. The number of amides is 2. The van der Waals surface area contributed by atoms with Crippen LogP contribution >= 0.6 is 11.6 Å². The van der Waals surface area contributed by atoms with Crippen molar-refractivity contribution < 1.29 is 19.1 Å². The van der Waals surface area contributed by atoms with Gasteiger partial charge >= 0.3 is 0 Å². The Kier molecular flexibility index (Phi) is 4.38. The molecule has 1 heterocycles. The van der Waals surface area contributed by atoms with Gasteiger partial charge in [-0.1, -0.05) is 30.9 Å². The second kappa shape index (κ2) is 6.44. The molecule has 2 aliphatic rings. The summed E-state index contributed by atoms with van der Waals surface area (Å²) in [6, 6.07) is 3.02. The zero-order valence-electron chi connectivity index (χ0n) is 12.0. The Morgan fingerprint density at radius 3 is 2.64 bits per heavy atom. The SMILES string of the molecule is O=C(NNC(=O)C1CCCCC1)c1cc(Cl)c2c(c1)OCO2. The lowest BCUT2D eigenvalue weighted by Gasteiger charge is -2.20. The van der Waals surface area contributed by atoms with Crippen LogP contribution in [0.4, 0.5) is 0 Å². The van der Waals surface area contributed by atoms with E-state index < -0.39 is 5.91 Å². The van der Waals surface area contributed by atoms with Crippen LogP contribution in [0, 0.1) is 5.92 Å². The first kappa shape index (κ1) is 15.0. The van der Waals surface area contributed by atoms with Crippen molar-refractivity contribution >= 4 is 23.4 Å². The first-order valence-electron chi connectivity index (χ1n) is 7.34. The highest BCUT2D eigenvalue weighted by Gasteiger charge is 2.23. The third kappa shape index (κ3) is 3.11. The third-order valence-corrected chi connectivity index (χ3v) is 4.25. The highest BCUT2D eigenvalue weighted by molar-refractivity contribution is 6.32. The van der Waals surface area contributed by atoms with E-state index in [0.717, 1.165) is 25.7 Å². The average Bonchev–Trinajstić information content (AvgIpc) is 3.02. The maximum atomic E-state index is 12.1. The molecule has 0 saturated heterocycles. The van der Waals surface area contributed by atoms with Gasteiger partial charge in [0, 0.05) is 11.5 Å². The number of hydrogen-bond donors (Lipinski definition) is 2. The molecule has 3 rings (SSSR count). The smallest absolute Gasteiger partial charge is 0.269 e. The summed E-state index contributed by atoms with van der Waals surface area (Å²) in [5, 5.41) is 0.304. The molecule has 6 nitrogen and oxygen atoms in total. The van der Waals surface area contributed by atoms with E-state index in [-0.39, 0.29) is 18.6 Å². The number of fused-ring (bicyclic) bond motifs is 1. The van der Waals surface area contributed by atoms with Crippen molar-refractivity contribution in [1.82, 2.24) is 10.9 Å². The lowest BCUT2D eigenvalue weighted by Crippen LogP contribution is -2.44. The Morgan fingerprint density at radius 1 is 1.09 bits per heavy atom. The molecule has 0 unspecified atom stereocenters. The molecular formula is C15H17ClN2O4. The first-order valence-corrected chi connectivity index (χ1v) is 7.72. The van der Waals surface area contributed by atoms with Gasteiger partial charge in [0.05, 0.1) is 5.02 Å². The second-order valence-corrected chi connectivity index (χ2v) is 5.88. The lowest BCUT2D eigenvalue weighted by atomic mass is 9.89. The molecule has 0 spiro atoms. The number of halogens is 1. The lowest BCUT2D eigenvalue weighted by molar-refractivity contribution is -0.126. The van der Waals surface area contributed by atoms with Crippen molar-refractivity contribution in [2.45, 2.75) is 32.1 Å². The molecule has 1 aliphatic carbocycles. The Hall–Kier alpha value is -1.95. The molecule has 2 amide bonds. The molecule has 0 radical (unpaired) electrons. The topological polar surface area (TPSA) is 76.7 Å². The van der Waals surface area contributed by atoms with E-state index in [1.165, 1.54) is 18.6 Å². The summed E-state index contributed by atoms with van der Waals surface area (Å²) in [7, 11) is 0. The molecule has 0 bridgehead atoms. The minimum absolute atomic E-state index is 0.0191. The summed E-state index contributed by atoms with van der Waals surface area (Å²) in [6.07, 6.45) is 5.04. The number of hydrogen-bond acceptors (Lipinski definition) is 4. The van der Waals surface area contributed by atoms with Crippen LogP contribution in [0.5, 0.6) is 11.5 Å². The van der Waals surface area contributed by atoms with Crippen molar-refractivity contribution in [3.05, 3.63) is 22.7 Å². The fourth-order valence-electron chi connectivity index (χ4n) is 2.76. The molecule has 7 heteroatoms. The Balaban J connectivity index is 1.60. The number of rotatable bonds is 2. The van der Waals surface area contributed by atoms with Crippen LogP contribution in [0.25, 0.3) is 0 Å². The summed E-state index contributed by atoms with van der Waals surface area (Å²) in [4.78, 5) is 24.1. The number of carbonyl (C=O) groups excluding carboxylic acids is 2. The predicted molar refractivity (Wildman–Crippen MR) is 79.8 cm³/mol. The molecular weight excluding hydrogens is 308 g/mol. The van der Waals surface area contributed by atoms with Crippen LogP contribution in [-0.4, -0.2) is 18.6 Å². The molecule has 1 aromatic carbocycles. The van der Waals surface area contributed by atoms with Gasteiger partial charge in [0.25, 0.3) is 5.91 Å². The highest BCUT2D eigenvalue weighted by Crippen LogP contribution is 2.39. The minimum atomic E-state index is -0.440. The normalized spacial score (nSPS) is 17.1. The number of nitrogens with one attached hydrogen (secondary N) is 2. The molecule has 0 atom stereocenters. The summed E-state index contributed by atoms with van der Waals surface area (Å²) in [5.74, 6) is 0.263. The summed E-state index contributed by atoms with van der Waals surface area (Å²) in [6.45, 7) is 0.0819. The van der Waals surface area contributed by atoms with E-state index in [2.05, 4.69) is 10.9 Å². The Bertz CT molecular complexity index is 599. The van der Waals surface area contributed by atoms with Gasteiger partial charge in [0.2, 0.25) is 12.7 Å². The average molecular weight is 325 g/mol. The van der Waals surface area contributed by atoms with Gasteiger partial charge in [-0.15, -0.1) is 0 Å². The van der Waals surface area contributed by atoms with Gasteiger partial charge < -0.3 is 9.47 Å². The fourth-order valence-corrected chi connectivity index (χ4v) is 3.02. The van der Waals surface area contributed by atoms with E-state index >= 15 is 0 Å². The molecule has 1 aromatic rings. The van der Waals surface area contributed by atoms with E-state index in [4.69, 9.17) is 21.1 Å². The van der Waals surface area contributed by atoms with Gasteiger partial charge in [-0.2, -0.15) is 0 Å². The van der Waals surface area contributed by atoms with Crippen LogP contribution in [0.1, 0.15) is 42.5 Å². The molecule has 1 aliphatic heterocycles.